The minimum absolute atomic E-state index is 0.104. The number of carbonyl (C=O) groups excluding carboxylic acids is 1. The van der Waals surface area contributed by atoms with Crippen molar-refractivity contribution in [1.29, 1.82) is 0 Å². The molecule has 0 aliphatic carbocycles. The maximum atomic E-state index is 10.6. The normalized spacial score (nSPS) is 10.2. The highest BCUT2D eigenvalue weighted by Gasteiger charge is 1.99. The van der Waals surface area contributed by atoms with Crippen molar-refractivity contribution in [2.45, 2.75) is 13.1 Å². The van der Waals surface area contributed by atoms with Crippen LogP contribution in [0.1, 0.15) is 11.1 Å². The number of ether oxygens (including phenoxy) is 2. The highest BCUT2D eigenvalue weighted by molar-refractivity contribution is 5.75. The Bertz CT molecular complexity index is 612. The van der Waals surface area contributed by atoms with Gasteiger partial charge in [-0.1, -0.05) is 24.3 Å². The standard InChI is InChI=1S/C17H20N2O3/c1-21-16-4-2-3-14(9-16)11-19-10-13-5-7-15(8-6-13)22-12-17(18)20/h2-9,19H,10-12H2,1H3,(H2,18,20). The molecule has 1 amide bonds. The van der Waals surface area contributed by atoms with E-state index in [1.54, 1.807) is 7.11 Å². The largest absolute Gasteiger partial charge is 0.497 e. The van der Waals surface area contributed by atoms with Crippen LogP contribution in [0.15, 0.2) is 48.5 Å². The molecule has 0 aliphatic heterocycles. The van der Waals surface area contributed by atoms with Gasteiger partial charge < -0.3 is 20.5 Å². The van der Waals surface area contributed by atoms with Crippen molar-refractivity contribution in [2.24, 2.45) is 5.73 Å². The molecule has 0 bridgehead atoms. The van der Waals surface area contributed by atoms with Crippen molar-refractivity contribution < 1.29 is 14.3 Å². The lowest BCUT2D eigenvalue weighted by Crippen LogP contribution is -2.20. The van der Waals surface area contributed by atoms with E-state index in [0.29, 0.717) is 5.75 Å². The van der Waals surface area contributed by atoms with Crippen molar-refractivity contribution in [1.82, 2.24) is 5.32 Å². The van der Waals surface area contributed by atoms with Gasteiger partial charge in [0.15, 0.2) is 6.61 Å². The Balaban J connectivity index is 1.80. The van der Waals surface area contributed by atoms with Gasteiger partial charge in [0.25, 0.3) is 5.91 Å². The third-order valence-corrected chi connectivity index (χ3v) is 3.10. The fourth-order valence-electron chi connectivity index (χ4n) is 1.99. The maximum absolute atomic E-state index is 10.6. The van der Waals surface area contributed by atoms with Crippen LogP contribution >= 0.6 is 0 Å². The average molecular weight is 300 g/mol. The third kappa shape index (κ3) is 5.10. The highest BCUT2D eigenvalue weighted by Crippen LogP contribution is 2.14. The molecule has 0 aliphatic rings. The number of nitrogens with two attached hydrogens (primary N) is 1. The number of benzene rings is 2. The number of amides is 1. The molecule has 0 saturated carbocycles. The Morgan fingerprint density at radius 2 is 1.77 bits per heavy atom. The van der Waals surface area contributed by atoms with E-state index in [-0.39, 0.29) is 6.61 Å². The predicted octanol–water partition coefficient (Wildman–Crippen LogP) is 1.85. The quantitative estimate of drug-likeness (QED) is 0.780. The van der Waals surface area contributed by atoms with Crippen molar-refractivity contribution in [3.63, 3.8) is 0 Å². The van der Waals surface area contributed by atoms with Crippen molar-refractivity contribution in [2.75, 3.05) is 13.7 Å². The van der Waals surface area contributed by atoms with Crippen LogP contribution in [-0.2, 0) is 17.9 Å². The van der Waals surface area contributed by atoms with Gasteiger partial charge in [0.2, 0.25) is 0 Å². The van der Waals surface area contributed by atoms with Gasteiger partial charge in [-0.05, 0) is 35.4 Å². The molecule has 0 atom stereocenters. The molecule has 0 saturated heterocycles. The molecule has 0 aromatic heterocycles. The van der Waals surface area contributed by atoms with Crippen LogP contribution in [0.2, 0.25) is 0 Å². The molecule has 0 spiro atoms. The van der Waals surface area contributed by atoms with Gasteiger partial charge in [0, 0.05) is 13.1 Å². The van der Waals surface area contributed by atoms with E-state index in [9.17, 15) is 4.79 Å². The molecule has 0 fully saturated rings. The minimum Gasteiger partial charge on any atom is -0.497 e. The van der Waals surface area contributed by atoms with E-state index in [2.05, 4.69) is 11.4 Å². The zero-order valence-electron chi connectivity index (χ0n) is 12.5. The summed E-state index contributed by atoms with van der Waals surface area (Å²) in [6, 6.07) is 15.5. The van der Waals surface area contributed by atoms with Crippen LogP contribution in [-0.4, -0.2) is 19.6 Å². The first-order valence-electron chi connectivity index (χ1n) is 7.01. The van der Waals surface area contributed by atoms with E-state index >= 15 is 0 Å². The molecule has 3 N–H and O–H groups in total. The molecule has 2 rings (SSSR count). The number of methoxy groups -OCH3 is 1. The van der Waals surface area contributed by atoms with Crippen LogP contribution in [0.3, 0.4) is 0 Å². The molecule has 22 heavy (non-hydrogen) atoms. The molecule has 2 aromatic rings. The lowest BCUT2D eigenvalue weighted by molar-refractivity contribution is -0.119. The van der Waals surface area contributed by atoms with Gasteiger partial charge in [0.1, 0.15) is 11.5 Å². The third-order valence-electron chi connectivity index (χ3n) is 3.10. The lowest BCUT2D eigenvalue weighted by Gasteiger charge is -2.08. The SMILES string of the molecule is COc1cccc(CNCc2ccc(OCC(N)=O)cc2)c1. The Kier molecular flexibility index (Phi) is 5.80. The smallest absolute Gasteiger partial charge is 0.255 e. The second-order valence-corrected chi connectivity index (χ2v) is 4.85. The summed E-state index contributed by atoms with van der Waals surface area (Å²) in [6.07, 6.45) is 0. The monoisotopic (exact) mass is 300 g/mol. The van der Waals surface area contributed by atoms with Gasteiger partial charge in [0.05, 0.1) is 7.11 Å². The predicted molar refractivity (Wildman–Crippen MR) is 84.7 cm³/mol. The molecular weight excluding hydrogens is 280 g/mol. The Hall–Kier alpha value is -2.53. The number of hydrogen-bond donors (Lipinski definition) is 2. The van der Waals surface area contributed by atoms with Crippen LogP contribution in [0, 0.1) is 0 Å². The van der Waals surface area contributed by atoms with Gasteiger partial charge in [-0.15, -0.1) is 0 Å². The average Bonchev–Trinajstić information content (AvgIpc) is 2.54. The van der Waals surface area contributed by atoms with Gasteiger partial charge in [-0.3, -0.25) is 4.79 Å². The molecule has 0 heterocycles. The highest BCUT2D eigenvalue weighted by atomic mass is 16.5. The summed E-state index contributed by atoms with van der Waals surface area (Å²) in [7, 11) is 1.66. The first-order valence-corrected chi connectivity index (χ1v) is 7.01. The molecular formula is C17H20N2O3. The summed E-state index contributed by atoms with van der Waals surface area (Å²) in [4.78, 5) is 10.6. The summed E-state index contributed by atoms with van der Waals surface area (Å²) in [5.41, 5.74) is 7.33. The number of nitrogens with one attached hydrogen (secondary N) is 1. The van der Waals surface area contributed by atoms with Crippen molar-refractivity contribution in [3.8, 4) is 11.5 Å². The molecule has 0 unspecified atom stereocenters. The molecule has 0 radical (unpaired) electrons. The zero-order valence-corrected chi connectivity index (χ0v) is 12.5. The molecule has 5 heteroatoms. The fourth-order valence-corrected chi connectivity index (χ4v) is 1.99. The summed E-state index contributed by atoms with van der Waals surface area (Å²) >= 11 is 0. The van der Waals surface area contributed by atoms with Crippen LogP contribution in [0.25, 0.3) is 0 Å². The summed E-state index contributed by atoms with van der Waals surface area (Å²) in [5, 5.41) is 3.37. The second kappa shape index (κ2) is 8.05. The second-order valence-electron chi connectivity index (χ2n) is 4.85. The van der Waals surface area contributed by atoms with Gasteiger partial charge in [-0.25, -0.2) is 0 Å². The van der Waals surface area contributed by atoms with Gasteiger partial charge in [-0.2, -0.15) is 0 Å². The van der Waals surface area contributed by atoms with Crippen LogP contribution in [0.5, 0.6) is 11.5 Å². The first kappa shape index (κ1) is 15.9. The Morgan fingerprint density at radius 3 is 2.45 bits per heavy atom. The fraction of sp³-hybridized carbons (Fsp3) is 0.235. The van der Waals surface area contributed by atoms with E-state index in [1.165, 1.54) is 5.56 Å². The van der Waals surface area contributed by atoms with Crippen molar-refractivity contribution >= 4 is 5.91 Å². The lowest BCUT2D eigenvalue weighted by atomic mass is 10.2. The Morgan fingerprint density at radius 1 is 1.05 bits per heavy atom. The molecule has 5 nitrogen and oxygen atoms in total. The number of rotatable bonds is 8. The molecule has 116 valence electrons. The van der Waals surface area contributed by atoms with Crippen molar-refractivity contribution in [3.05, 3.63) is 59.7 Å². The van der Waals surface area contributed by atoms with Gasteiger partial charge >= 0.3 is 0 Å². The van der Waals surface area contributed by atoms with E-state index < -0.39 is 5.91 Å². The summed E-state index contributed by atoms with van der Waals surface area (Å²) in [6.45, 7) is 1.40. The zero-order chi connectivity index (χ0) is 15.8. The molecule has 2 aromatic carbocycles. The van der Waals surface area contributed by atoms with Crippen LogP contribution < -0.4 is 20.5 Å². The number of primary amides is 1. The first-order chi connectivity index (χ1) is 10.7. The maximum Gasteiger partial charge on any atom is 0.255 e. The summed E-state index contributed by atoms with van der Waals surface area (Å²) in [5.74, 6) is 1.01. The topological polar surface area (TPSA) is 73.6 Å². The Labute approximate surface area is 130 Å². The number of carbonyl (C=O) groups is 1. The minimum atomic E-state index is -0.482. The van der Waals surface area contributed by atoms with E-state index in [1.807, 2.05) is 42.5 Å². The number of hydrogen-bond acceptors (Lipinski definition) is 4. The van der Waals surface area contributed by atoms with E-state index in [0.717, 1.165) is 24.4 Å². The van der Waals surface area contributed by atoms with E-state index in [4.69, 9.17) is 15.2 Å². The summed E-state index contributed by atoms with van der Waals surface area (Å²) < 4.78 is 10.4. The van der Waals surface area contributed by atoms with Crippen LogP contribution in [0.4, 0.5) is 0 Å².